The van der Waals surface area contributed by atoms with Crippen molar-refractivity contribution in [3.63, 3.8) is 0 Å². The molecule has 0 aliphatic carbocycles. The Kier molecular flexibility index (Phi) is 7.12. The quantitative estimate of drug-likeness (QED) is 0.283. The third-order valence-corrected chi connectivity index (χ3v) is 6.63. The Labute approximate surface area is 207 Å². The molecule has 0 atom stereocenters. The van der Waals surface area contributed by atoms with E-state index in [-0.39, 0.29) is 5.91 Å². The number of halogens is 1. The molecule has 0 spiro atoms. The van der Waals surface area contributed by atoms with E-state index in [0.717, 1.165) is 22.5 Å². The van der Waals surface area contributed by atoms with Crippen LogP contribution in [-0.2, 0) is 11.4 Å². The van der Waals surface area contributed by atoms with E-state index in [0.29, 0.717) is 39.0 Å². The molecule has 1 aromatic heterocycles. The fraction of sp³-hybridized carbons (Fsp3) is 0.200. The molecule has 1 amide bonds. The number of aromatic nitrogens is 1. The second-order valence-corrected chi connectivity index (χ2v) is 9.54. The van der Waals surface area contributed by atoms with E-state index in [1.54, 1.807) is 12.1 Å². The molecule has 3 aromatic rings. The molecular weight excluding hydrogens is 476 g/mol. The van der Waals surface area contributed by atoms with Crippen molar-refractivity contribution >= 4 is 51.9 Å². The van der Waals surface area contributed by atoms with Crippen LogP contribution in [0.3, 0.4) is 0 Å². The molecule has 33 heavy (non-hydrogen) atoms. The second kappa shape index (κ2) is 10.0. The smallest absolute Gasteiger partial charge is 0.285 e. The number of ether oxygens (including phenoxy) is 2. The fourth-order valence-electron chi connectivity index (χ4n) is 3.56. The average molecular weight is 499 g/mol. The number of hydrogen-bond acceptors (Lipinski definition) is 5. The maximum atomic E-state index is 13.2. The predicted molar refractivity (Wildman–Crippen MR) is 139 cm³/mol. The Hall–Kier alpha value is -2.74. The topological polar surface area (TPSA) is 43.7 Å². The second-order valence-electron chi connectivity index (χ2n) is 7.46. The normalized spacial score (nSPS) is 14.9. The highest BCUT2D eigenvalue weighted by Crippen LogP contribution is 2.39. The minimum atomic E-state index is -0.175. The Bertz CT molecular complexity index is 1220. The third-order valence-electron chi connectivity index (χ3n) is 5.06. The number of amides is 1. The summed E-state index contributed by atoms with van der Waals surface area (Å²) in [4.78, 5) is 13.7. The highest BCUT2D eigenvalue weighted by atomic mass is 35.5. The molecule has 1 saturated heterocycles. The van der Waals surface area contributed by atoms with Gasteiger partial charge in [-0.25, -0.2) is 0 Å². The summed E-state index contributed by atoms with van der Waals surface area (Å²) in [5.41, 5.74) is 3.63. The van der Waals surface area contributed by atoms with Gasteiger partial charge in [-0.15, -0.1) is 0 Å². The summed E-state index contributed by atoms with van der Waals surface area (Å²) in [6.45, 7) is 6.60. The Balaban J connectivity index is 1.62. The number of carbonyl (C=O) groups excluding carboxylic acids is 1. The summed E-state index contributed by atoms with van der Waals surface area (Å²) in [6, 6.07) is 17.4. The highest BCUT2D eigenvalue weighted by Gasteiger charge is 2.34. The summed E-state index contributed by atoms with van der Waals surface area (Å²) < 4.78 is 14.1. The van der Waals surface area contributed by atoms with Gasteiger partial charge in [0, 0.05) is 11.4 Å². The first kappa shape index (κ1) is 23.4. The van der Waals surface area contributed by atoms with Crippen LogP contribution in [-0.4, -0.2) is 21.5 Å². The average Bonchev–Trinajstić information content (AvgIpc) is 3.25. The number of carbonyl (C=O) groups is 1. The predicted octanol–water partition coefficient (Wildman–Crippen LogP) is 6.27. The Morgan fingerprint density at radius 3 is 2.42 bits per heavy atom. The van der Waals surface area contributed by atoms with Gasteiger partial charge in [-0.1, -0.05) is 53.7 Å². The summed E-state index contributed by atoms with van der Waals surface area (Å²) in [5.74, 6) is 0.830. The van der Waals surface area contributed by atoms with Crippen LogP contribution in [0.5, 0.6) is 11.5 Å². The summed E-state index contributed by atoms with van der Waals surface area (Å²) in [5, 5.41) is 1.94. The summed E-state index contributed by atoms with van der Waals surface area (Å²) >= 11 is 13.3. The number of rotatable bonds is 7. The van der Waals surface area contributed by atoms with Crippen molar-refractivity contribution in [1.29, 1.82) is 0 Å². The molecule has 2 heterocycles. The van der Waals surface area contributed by atoms with Crippen molar-refractivity contribution in [2.24, 2.45) is 0 Å². The van der Waals surface area contributed by atoms with Crippen molar-refractivity contribution in [3.8, 4) is 11.5 Å². The number of aryl methyl sites for hydroxylation is 2. The number of thiocarbonyl (C=S) groups is 1. The zero-order valence-corrected chi connectivity index (χ0v) is 20.9. The number of benzene rings is 2. The first-order valence-electron chi connectivity index (χ1n) is 10.4. The lowest BCUT2D eigenvalue weighted by Crippen LogP contribution is -2.39. The van der Waals surface area contributed by atoms with E-state index in [4.69, 9.17) is 33.3 Å². The van der Waals surface area contributed by atoms with Crippen LogP contribution < -0.4 is 14.5 Å². The number of nitrogens with zero attached hydrogens (tertiary/aromatic N) is 2. The van der Waals surface area contributed by atoms with Gasteiger partial charge in [-0.05, 0) is 74.5 Å². The molecule has 0 radical (unpaired) electrons. The van der Waals surface area contributed by atoms with Gasteiger partial charge in [0.2, 0.25) is 0 Å². The SMILES string of the molecule is CCOc1cc(/C=C2\SC(=S)N(n3c(C)ccc3C)C2=O)cc(Cl)c1OCc1ccccc1. The van der Waals surface area contributed by atoms with Crippen LogP contribution in [0.1, 0.15) is 29.4 Å². The number of thioether (sulfide) groups is 1. The van der Waals surface area contributed by atoms with Crippen LogP contribution in [0.25, 0.3) is 6.08 Å². The van der Waals surface area contributed by atoms with Gasteiger partial charge in [-0.3, -0.25) is 9.47 Å². The minimum Gasteiger partial charge on any atom is -0.490 e. The highest BCUT2D eigenvalue weighted by molar-refractivity contribution is 8.27. The van der Waals surface area contributed by atoms with E-state index < -0.39 is 0 Å². The maximum absolute atomic E-state index is 13.2. The molecule has 1 aliphatic heterocycles. The van der Waals surface area contributed by atoms with Crippen molar-refractivity contribution in [1.82, 2.24) is 4.68 Å². The zero-order valence-electron chi connectivity index (χ0n) is 18.5. The van der Waals surface area contributed by atoms with Crippen LogP contribution in [0.2, 0.25) is 5.02 Å². The Morgan fingerprint density at radius 1 is 1.06 bits per heavy atom. The zero-order chi connectivity index (χ0) is 23.5. The van der Waals surface area contributed by atoms with E-state index in [1.807, 2.05) is 74.0 Å². The lowest BCUT2D eigenvalue weighted by Gasteiger charge is -2.20. The van der Waals surface area contributed by atoms with Gasteiger partial charge in [0.25, 0.3) is 5.91 Å². The van der Waals surface area contributed by atoms with Crippen molar-refractivity contribution < 1.29 is 14.3 Å². The van der Waals surface area contributed by atoms with E-state index in [1.165, 1.54) is 16.8 Å². The molecule has 0 bridgehead atoms. The molecule has 4 rings (SSSR count). The monoisotopic (exact) mass is 498 g/mol. The fourth-order valence-corrected chi connectivity index (χ4v) is 5.08. The molecule has 170 valence electrons. The molecular formula is C25H23ClN2O3S2. The maximum Gasteiger partial charge on any atom is 0.285 e. The Morgan fingerprint density at radius 2 is 1.76 bits per heavy atom. The van der Waals surface area contributed by atoms with Gasteiger partial charge in [0.15, 0.2) is 15.8 Å². The standard InChI is InChI=1S/C25H23ClN2O3S2/c1-4-30-21-13-19(12-20(26)23(21)31-15-18-8-6-5-7-9-18)14-22-24(29)28(25(32)33-22)27-16(2)10-11-17(27)3/h5-14H,4,15H2,1-3H3/b22-14-. The lowest BCUT2D eigenvalue weighted by molar-refractivity contribution is -0.114. The van der Waals surface area contributed by atoms with Gasteiger partial charge >= 0.3 is 0 Å². The third kappa shape index (κ3) is 4.95. The van der Waals surface area contributed by atoms with Crippen LogP contribution in [0.15, 0.2) is 59.5 Å². The first-order chi connectivity index (χ1) is 15.9. The number of hydrogen-bond donors (Lipinski definition) is 0. The largest absolute Gasteiger partial charge is 0.490 e. The van der Waals surface area contributed by atoms with E-state index in [2.05, 4.69) is 0 Å². The van der Waals surface area contributed by atoms with Crippen LogP contribution in [0.4, 0.5) is 0 Å². The van der Waals surface area contributed by atoms with E-state index in [9.17, 15) is 4.79 Å². The molecule has 0 N–H and O–H groups in total. The molecule has 0 unspecified atom stereocenters. The van der Waals surface area contributed by atoms with Gasteiger partial charge < -0.3 is 9.47 Å². The van der Waals surface area contributed by atoms with E-state index >= 15 is 0 Å². The van der Waals surface area contributed by atoms with Crippen molar-refractivity contribution in [3.05, 3.63) is 87.0 Å². The van der Waals surface area contributed by atoms with Crippen LogP contribution in [0, 0.1) is 13.8 Å². The van der Waals surface area contributed by atoms with Gasteiger partial charge in [0.1, 0.15) is 6.61 Å². The molecule has 1 aliphatic rings. The summed E-state index contributed by atoms with van der Waals surface area (Å²) in [7, 11) is 0. The molecule has 5 nitrogen and oxygen atoms in total. The van der Waals surface area contributed by atoms with Crippen molar-refractivity contribution in [2.45, 2.75) is 27.4 Å². The molecule has 1 fully saturated rings. The van der Waals surface area contributed by atoms with Crippen molar-refractivity contribution in [2.75, 3.05) is 11.6 Å². The van der Waals surface area contributed by atoms with Gasteiger partial charge in [-0.2, -0.15) is 5.01 Å². The van der Waals surface area contributed by atoms with Gasteiger partial charge in [0.05, 0.1) is 16.5 Å². The minimum absolute atomic E-state index is 0.175. The first-order valence-corrected chi connectivity index (χ1v) is 12.1. The summed E-state index contributed by atoms with van der Waals surface area (Å²) in [6.07, 6.45) is 1.78. The lowest BCUT2D eigenvalue weighted by atomic mass is 10.1. The van der Waals surface area contributed by atoms with Crippen LogP contribution >= 0.6 is 35.6 Å². The molecule has 0 saturated carbocycles. The molecule has 2 aromatic carbocycles. The molecule has 8 heteroatoms.